The number of nitrogens with one attached hydrogen (secondary N) is 2. The molecule has 31 heavy (non-hydrogen) atoms. The molecule has 0 aliphatic rings. The zero-order valence-corrected chi connectivity index (χ0v) is 17.7. The lowest BCUT2D eigenvalue weighted by Gasteiger charge is -2.12. The summed E-state index contributed by atoms with van der Waals surface area (Å²) in [5.41, 5.74) is 3.64. The normalized spacial score (nSPS) is 11.0. The SMILES string of the molecule is COc1ccc(/C=C(\NC(=O)c2ccc(C)cc2)C(=O)NCCc2ccccc2)cc1. The van der Waals surface area contributed by atoms with Crippen molar-refractivity contribution in [3.05, 3.63) is 107 Å². The fourth-order valence-electron chi connectivity index (χ4n) is 2.98. The van der Waals surface area contributed by atoms with Crippen molar-refractivity contribution in [1.29, 1.82) is 0 Å². The van der Waals surface area contributed by atoms with Gasteiger partial charge in [0.2, 0.25) is 0 Å². The van der Waals surface area contributed by atoms with Crippen molar-refractivity contribution in [1.82, 2.24) is 10.6 Å². The highest BCUT2D eigenvalue weighted by molar-refractivity contribution is 6.05. The average molecular weight is 415 g/mol. The molecule has 158 valence electrons. The smallest absolute Gasteiger partial charge is 0.267 e. The lowest BCUT2D eigenvalue weighted by atomic mass is 10.1. The van der Waals surface area contributed by atoms with Crippen LogP contribution in [0.2, 0.25) is 0 Å². The Morgan fingerprint density at radius 2 is 1.58 bits per heavy atom. The number of rotatable bonds is 8. The molecule has 0 unspecified atom stereocenters. The van der Waals surface area contributed by atoms with Crippen molar-refractivity contribution in [3.8, 4) is 5.75 Å². The van der Waals surface area contributed by atoms with E-state index in [0.29, 0.717) is 18.5 Å². The number of carbonyl (C=O) groups is 2. The van der Waals surface area contributed by atoms with Crippen molar-refractivity contribution >= 4 is 17.9 Å². The fourth-order valence-corrected chi connectivity index (χ4v) is 2.98. The molecule has 0 saturated carbocycles. The summed E-state index contributed by atoms with van der Waals surface area (Å²) in [5.74, 6) is 0.0416. The summed E-state index contributed by atoms with van der Waals surface area (Å²) in [6.45, 7) is 2.42. The van der Waals surface area contributed by atoms with Gasteiger partial charge in [0, 0.05) is 12.1 Å². The van der Waals surface area contributed by atoms with Crippen molar-refractivity contribution in [2.45, 2.75) is 13.3 Å². The summed E-state index contributed by atoms with van der Waals surface area (Å²) < 4.78 is 5.18. The molecule has 0 bridgehead atoms. The molecule has 0 atom stereocenters. The second kappa shape index (κ2) is 10.8. The predicted octanol–water partition coefficient (Wildman–Crippen LogP) is 4.13. The van der Waals surface area contributed by atoms with Gasteiger partial charge in [-0.25, -0.2) is 0 Å². The summed E-state index contributed by atoms with van der Waals surface area (Å²) in [5, 5.41) is 5.65. The van der Waals surface area contributed by atoms with E-state index in [2.05, 4.69) is 10.6 Å². The largest absolute Gasteiger partial charge is 0.497 e. The zero-order valence-electron chi connectivity index (χ0n) is 17.7. The Balaban J connectivity index is 1.75. The van der Waals surface area contributed by atoms with E-state index in [9.17, 15) is 9.59 Å². The summed E-state index contributed by atoms with van der Waals surface area (Å²) in [6, 6.07) is 24.4. The monoisotopic (exact) mass is 414 g/mol. The van der Waals surface area contributed by atoms with Gasteiger partial charge in [-0.05, 0) is 54.8 Å². The summed E-state index contributed by atoms with van der Waals surface area (Å²) >= 11 is 0. The first-order valence-corrected chi connectivity index (χ1v) is 10.1. The van der Waals surface area contributed by atoms with Crippen molar-refractivity contribution in [2.24, 2.45) is 0 Å². The van der Waals surface area contributed by atoms with Crippen molar-refractivity contribution in [3.63, 3.8) is 0 Å². The molecule has 3 aromatic carbocycles. The molecule has 5 heteroatoms. The van der Waals surface area contributed by atoms with Gasteiger partial charge in [-0.2, -0.15) is 0 Å². The average Bonchev–Trinajstić information content (AvgIpc) is 2.80. The van der Waals surface area contributed by atoms with E-state index < -0.39 is 0 Å². The third-order valence-electron chi connectivity index (χ3n) is 4.78. The molecule has 2 amide bonds. The maximum absolute atomic E-state index is 12.9. The first-order valence-electron chi connectivity index (χ1n) is 10.1. The molecule has 0 spiro atoms. The van der Waals surface area contributed by atoms with Gasteiger partial charge >= 0.3 is 0 Å². The lowest BCUT2D eigenvalue weighted by Crippen LogP contribution is -2.35. The molecule has 2 N–H and O–H groups in total. The van der Waals surface area contributed by atoms with Crippen LogP contribution in [0.5, 0.6) is 5.75 Å². The number of hydrogen-bond acceptors (Lipinski definition) is 3. The van der Waals surface area contributed by atoms with E-state index in [-0.39, 0.29) is 17.5 Å². The van der Waals surface area contributed by atoms with Crippen LogP contribution in [0, 0.1) is 6.92 Å². The summed E-state index contributed by atoms with van der Waals surface area (Å²) in [4.78, 5) is 25.6. The highest BCUT2D eigenvalue weighted by Gasteiger charge is 2.14. The number of hydrogen-bond donors (Lipinski definition) is 2. The highest BCUT2D eigenvalue weighted by Crippen LogP contribution is 2.14. The van der Waals surface area contributed by atoms with E-state index in [0.717, 1.165) is 22.4 Å². The molecule has 0 fully saturated rings. The van der Waals surface area contributed by atoms with Gasteiger partial charge in [0.05, 0.1) is 7.11 Å². The van der Waals surface area contributed by atoms with Gasteiger partial charge < -0.3 is 15.4 Å². The number of methoxy groups -OCH3 is 1. The topological polar surface area (TPSA) is 67.4 Å². The first kappa shape index (κ1) is 21.8. The highest BCUT2D eigenvalue weighted by atomic mass is 16.5. The van der Waals surface area contributed by atoms with Crippen LogP contribution in [-0.4, -0.2) is 25.5 Å². The van der Waals surface area contributed by atoms with E-state index in [4.69, 9.17) is 4.74 Å². The molecule has 0 saturated heterocycles. The Labute approximate surface area is 182 Å². The predicted molar refractivity (Wildman–Crippen MR) is 123 cm³/mol. The molecular formula is C26H26N2O3. The van der Waals surface area contributed by atoms with Crippen LogP contribution in [-0.2, 0) is 11.2 Å². The van der Waals surface area contributed by atoms with Gasteiger partial charge in [-0.1, -0.05) is 60.2 Å². The molecule has 3 aromatic rings. The minimum Gasteiger partial charge on any atom is -0.497 e. The van der Waals surface area contributed by atoms with Crippen LogP contribution in [0.25, 0.3) is 6.08 Å². The fraction of sp³-hybridized carbons (Fsp3) is 0.154. The van der Waals surface area contributed by atoms with Crippen LogP contribution in [0.4, 0.5) is 0 Å². The molecule has 0 radical (unpaired) electrons. The first-order chi connectivity index (χ1) is 15.0. The van der Waals surface area contributed by atoms with Crippen LogP contribution in [0.3, 0.4) is 0 Å². The maximum Gasteiger partial charge on any atom is 0.267 e. The molecule has 0 aliphatic carbocycles. The number of aryl methyl sites for hydroxylation is 1. The molecule has 5 nitrogen and oxygen atoms in total. The molecule has 3 rings (SSSR count). The van der Waals surface area contributed by atoms with Gasteiger partial charge in [-0.15, -0.1) is 0 Å². The third-order valence-corrected chi connectivity index (χ3v) is 4.78. The third kappa shape index (κ3) is 6.57. The van der Waals surface area contributed by atoms with Crippen LogP contribution >= 0.6 is 0 Å². The van der Waals surface area contributed by atoms with Crippen molar-refractivity contribution < 1.29 is 14.3 Å². The number of carbonyl (C=O) groups excluding carboxylic acids is 2. The van der Waals surface area contributed by atoms with E-state index >= 15 is 0 Å². The maximum atomic E-state index is 12.9. The zero-order chi connectivity index (χ0) is 22.1. The standard InChI is InChI=1S/C26H26N2O3/c1-19-8-12-22(13-9-19)25(29)28-24(18-21-10-14-23(31-2)15-11-21)26(30)27-17-16-20-6-4-3-5-7-20/h3-15,18H,16-17H2,1-2H3,(H,27,30)(H,28,29)/b24-18-. The Morgan fingerprint density at radius 1 is 0.903 bits per heavy atom. The Morgan fingerprint density at radius 3 is 2.23 bits per heavy atom. The quantitative estimate of drug-likeness (QED) is 0.545. The minimum atomic E-state index is -0.341. The molecule has 0 heterocycles. The molecule has 0 aromatic heterocycles. The van der Waals surface area contributed by atoms with Gasteiger partial charge in [0.25, 0.3) is 11.8 Å². The number of benzene rings is 3. The lowest BCUT2D eigenvalue weighted by molar-refractivity contribution is -0.117. The Bertz CT molecular complexity index is 1040. The molecular weight excluding hydrogens is 388 g/mol. The van der Waals surface area contributed by atoms with Crippen LogP contribution in [0.15, 0.2) is 84.6 Å². The minimum absolute atomic E-state index is 0.184. The van der Waals surface area contributed by atoms with Crippen LogP contribution < -0.4 is 15.4 Å². The van der Waals surface area contributed by atoms with Crippen molar-refractivity contribution in [2.75, 3.05) is 13.7 Å². The van der Waals surface area contributed by atoms with Gasteiger partial charge in [0.15, 0.2) is 0 Å². The van der Waals surface area contributed by atoms with E-state index in [1.807, 2.05) is 61.5 Å². The van der Waals surface area contributed by atoms with Gasteiger partial charge in [-0.3, -0.25) is 9.59 Å². The molecule has 0 aliphatic heterocycles. The second-order valence-corrected chi connectivity index (χ2v) is 7.14. The van der Waals surface area contributed by atoms with E-state index in [1.54, 1.807) is 37.5 Å². The van der Waals surface area contributed by atoms with Crippen LogP contribution in [0.1, 0.15) is 27.0 Å². The number of amides is 2. The van der Waals surface area contributed by atoms with E-state index in [1.165, 1.54) is 0 Å². The number of ether oxygens (including phenoxy) is 1. The van der Waals surface area contributed by atoms with Gasteiger partial charge in [0.1, 0.15) is 11.4 Å². The summed E-state index contributed by atoms with van der Waals surface area (Å²) in [7, 11) is 1.60. The summed E-state index contributed by atoms with van der Waals surface area (Å²) in [6.07, 6.45) is 2.36. The Kier molecular flexibility index (Phi) is 7.60. The second-order valence-electron chi connectivity index (χ2n) is 7.14. The Hall–Kier alpha value is -3.86.